The zero-order valence-electron chi connectivity index (χ0n) is 40.0. The molecule has 352 valence electrons. The van der Waals surface area contributed by atoms with Crippen molar-refractivity contribution in [3.8, 4) is 0 Å². The van der Waals surface area contributed by atoms with E-state index in [2.05, 4.69) is 142 Å². The van der Waals surface area contributed by atoms with Gasteiger partial charge in [0.15, 0.2) is 6.10 Å². The third kappa shape index (κ3) is 48.4. The zero-order valence-corrected chi connectivity index (χ0v) is 40.0. The first kappa shape index (κ1) is 58.6. The molecule has 0 fully saturated rings. The van der Waals surface area contributed by atoms with Crippen molar-refractivity contribution in [2.45, 2.75) is 194 Å². The van der Waals surface area contributed by atoms with Gasteiger partial charge in [0.25, 0.3) is 0 Å². The van der Waals surface area contributed by atoms with Gasteiger partial charge in [-0.1, -0.05) is 187 Å². The fourth-order valence-electron chi connectivity index (χ4n) is 5.99. The fourth-order valence-corrected chi connectivity index (χ4v) is 5.99. The molecule has 0 aromatic rings. The summed E-state index contributed by atoms with van der Waals surface area (Å²) in [5.74, 6) is -1.10. The predicted molar refractivity (Wildman–Crippen MR) is 269 cm³/mol. The molecular formula is C57H88O6. The van der Waals surface area contributed by atoms with Crippen LogP contribution < -0.4 is 0 Å². The lowest BCUT2D eigenvalue weighted by molar-refractivity contribution is -0.166. The lowest BCUT2D eigenvalue weighted by Gasteiger charge is -2.18. The van der Waals surface area contributed by atoms with Crippen LogP contribution in [0.4, 0.5) is 0 Å². The maximum Gasteiger partial charge on any atom is 0.306 e. The summed E-state index contributed by atoms with van der Waals surface area (Å²) in [6.45, 7) is 6.23. The molecule has 0 heterocycles. The predicted octanol–water partition coefficient (Wildman–Crippen LogP) is 16.3. The Morgan fingerprint density at radius 2 is 0.667 bits per heavy atom. The molecule has 0 aromatic heterocycles. The maximum atomic E-state index is 12.7. The number of hydrogen-bond donors (Lipinski definition) is 0. The van der Waals surface area contributed by atoms with Gasteiger partial charge in [-0.05, 0) is 116 Å². The molecule has 0 aromatic carbocycles. The summed E-state index contributed by atoms with van der Waals surface area (Å²) >= 11 is 0. The fraction of sp³-hybridized carbons (Fsp3) is 0.561. The Kier molecular flexibility index (Phi) is 46.7. The number of hydrogen-bond acceptors (Lipinski definition) is 6. The van der Waals surface area contributed by atoms with Gasteiger partial charge in [-0.3, -0.25) is 14.4 Å². The van der Waals surface area contributed by atoms with E-state index in [1.807, 2.05) is 12.2 Å². The maximum absolute atomic E-state index is 12.7. The van der Waals surface area contributed by atoms with Gasteiger partial charge in [-0.25, -0.2) is 0 Å². The van der Waals surface area contributed by atoms with Gasteiger partial charge < -0.3 is 14.2 Å². The van der Waals surface area contributed by atoms with Crippen LogP contribution in [0, 0.1) is 0 Å². The molecule has 0 aliphatic carbocycles. The Hall–Kier alpha value is -4.45. The third-order valence-corrected chi connectivity index (χ3v) is 9.63. The second kappa shape index (κ2) is 50.2. The SMILES string of the molecule is CC/C=C\C/C=C\C/C=C\C/C=C\C/C=C\CCCC(=O)OCC(COC(=O)CCCCCCC/C=C\CCCCC)OC(=O)CC/C=C\C/C=C\C/C=C\C/C=C\C/C=C\CC. The molecule has 0 saturated heterocycles. The topological polar surface area (TPSA) is 78.9 Å². The molecule has 0 saturated carbocycles. The van der Waals surface area contributed by atoms with Crippen molar-refractivity contribution in [3.63, 3.8) is 0 Å². The highest BCUT2D eigenvalue weighted by Crippen LogP contribution is 2.11. The van der Waals surface area contributed by atoms with Crippen LogP contribution in [0.15, 0.2) is 134 Å². The van der Waals surface area contributed by atoms with Crippen molar-refractivity contribution < 1.29 is 28.6 Å². The van der Waals surface area contributed by atoms with E-state index in [4.69, 9.17) is 14.2 Å². The molecule has 1 unspecified atom stereocenters. The number of unbranched alkanes of at least 4 members (excludes halogenated alkanes) is 9. The molecule has 1 atom stereocenters. The summed E-state index contributed by atoms with van der Waals surface area (Å²) in [5, 5.41) is 0. The molecule has 0 spiro atoms. The molecule has 6 nitrogen and oxygen atoms in total. The lowest BCUT2D eigenvalue weighted by Crippen LogP contribution is -2.30. The summed E-state index contributed by atoms with van der Waals surface area (Å²) in [5.41, 5.74) is 0. The van der Waals surface area contributed by atoms with Gasteiger partial charge in [-0.15, -0.1) is 0 Å². The summed E-state index contributed by atoms with van der Waals surface area (Å²) in [6.07, 6.45) is 70.2. The first-order valence-corrected chi connectivity index (χ1v) is 24.7. The van der Waals surface area contributed by atoms with Crippen molar-refractivity contribution in [2.75, 3.05) is 13.2 Å². The standard InChI is InChI=1S/C57H88O6/c1-4-7-10-13-16-19-22-25-27-29-31-32-35-38-41-44-47-50-56(59)62-53-54(52-61-55(58)49-46-43-40-37-34-24-21-18-15-12-9-6-3)63-57(60)51-48-45-42-39-36-33-30-28-26-23-20-17-14-11-8-5-2/h7-8,10-11,16-21,25-28,31-33,36,38,41-42,45,54H,4-6,9,12-15,22-24,29-30,34-35,37,39-40,43-44,46-53H2,1-3H3/b10-7-,11-8-,19-16-,20-17-,21-18-,27-25-,28-26-,32-31-,36-33-,41-38-,45-42-. The molecule has 0 aliphatic rings. The Morgan fingerprint density at radius 3 is 1.11 bits per heavy atom. The summed E-state index contributed by atoms with van der Waals surface area (Å²) < 4.78 is 16.6. The molecule has 0 N–H and O–H groups in total. The normalized spacial score (nSPS) is 13.3. The van der Waals surface area contributed by atoms with Crippen LogP contribution in [-0.4, -0.2) is 37.2 Å². The minimum Gasteiger partial charge on any atom is -0.462 e. The minimum atomic E-state index is -0.847. The van der Waals surface area contributed by atoms with E-state index in [0.29, 0.717) is 19.3 Å². The van der Waals surface area contributed by atoms with Crippen LogP contribution in [0.2, 0.25) is 0 Å². The monoisotopic (exact) mass is 869 g/mol. The molecular weight excluding hydrogens is 781 g/mol. The summed E-state index contributed by atoms with van der Waals surface area (Å²) in [7, 11) is 0. The average molecular weight is 869 g/mol. The number of carbonyl (C=O) groups excluding carboxylic acids is 3. The number of rotatable bonds is 42. The van der Waals surface area contributed by atoms with Gasteiger partial charge in [0.2, 0.25) is 0 Å². The van der Waals surface area contributed by atoms with Crippen molar-refractivity contribution in [1.29, 1.82) is 0 Å². The highest BCUT2D eigenvalue weighted by molar-refractivity contribution is 5.71. The minimum absolute atomic E-state index is 0.135. The highest BCUT2D eigenvalue weighted by Gasteiger charge is 2.19. The van der Waals surface area contributed by atoms with E-state index in [-0.39, 0.29) is 38.0 Å². The van der Waals surface area contributed by atoms with Crippen molar-refractivity contribution in [2.24, 2.45) is 0 Å². The largest absolute Gasteiger partial charge is 0.462 e. The third-order valence-electron chi connectivity index (χ3n) is 9.63. The van der Waals surface area contributed by atoms with Crippen LogP contribution in [-0.2, 0) is 28.6 Å². The van der Waals surface area contributed by atoms with Crippen molar-refractivity contribution in [3.05, 3.63) is 134 Å². The van der Waals surface area contributed by atoms with Gasteiger partial charge in [0, 0.05) is 19.3 Å². The summed E-state index contributed by atoms with van der Waals surface area (Å²) in [4.78, 5) is 37.9. The molecule has 0 radical (unpaired) electrons. The van der Waals surface area contributed by atoms with Gasteiger partial charge in [0.1, 0.15) is 13.2 Å². The van der Waals surface area contributed by atoms with Crippen LogP contribution in [0.5, 0.6) is 0 Å². The van der Waals surface area contributed by atoms with Gasteiger partial charge >= 0.3 is 17.9 Å². The van der Waals surface area contributed by atoms with E-state index >= 15 is 0 Å². The van der Waals surface area contributed by atoms with Crippen LogP contribution in [0.25, 0.3) is 0 Å². The number of ether oxygens (including phenoxy) is 3. The smallest absolute Gasteiger partial charge is 0.306 e. The molecule has 6 heteroatoms. The Labute approximate surface area is 385 Å². The lowest BCUT2D eigenvalue weighted by atomic mass is 10.1. The molecule has 0 aliphatic heterocycles. The molecule has 0 bridgehead atoms. The van der Waals surface area contributed by atoms with Crippen LogP contribution >= 0.6 is 0 Å². The quantitative estimate of drug-likeness (QED) is 0.0263. The summed E-state index contributed by atoms with van der Waals surface area (Å²) in [6, 6.07) is 0. The number of carbonyl (C=O) groups is 3. The second-order valence-corrected chi connectivity index (χ2v) is 15.6. The Morgan fingerprint density at radius 1 is 0.333 bits per heavy atom. The van der Waals surface area contributed by atoms with E-state index in [1.54, 1.807) is 0 Å². The molecule has 0 rings (SSSR count). The molecule has 0 amide bonds. The molecule has 63 heavy (non-hydrogen) atoms. The first-order chi connectivity index (χ1) is 31.0. The van der Waals surface area contributed by atoms with E-state index in [9.17, 15) is 14.4 Å². The van der Waals surface area contributed by atoms with E-state index in [0.717, 1.165) is 103 Å². The van der Waals surface area contributed by atoms with Crippen molar-refractivity contribution in [1.82, 2.24) is 0 Å². The van der Waals surface area contributed by atoms with Crippen LogP contribution in [0.3, 0.4) is 0 Å². The zero-order chi connectivity index (χ0) is 45.8. The van der Waals surface area contributed by atoms with E-state index in [1.165, 1.54) is 32.1 Å². The number of esters is 3. The van der Waals surface area contributed by atoms with Gasteiger partial charge in [0.05, 0.1) is 0 Å². The Balaban J connectivity index is 4.63. The van der Waals surface area contributed by atoms with Crippen LogP contribution in [0.1, 0.15) is 188 Å². The van der Waals surface area contributed by atoms with Gasteiger partial charge in [-0.2, -0.15) is 0 Å². The average Bonchev–Trinajstić information content (AvgIpc) is 3.28. The highest BCUT2D eigenvalue weighted by atomic mass is 16.6. The second-order valence-electron chi connectivity index (χ2n) is 15.6. The Bertz CT molecular complexity index is 1420. The first-order valence-electron chi connectivity index (χ1n) is 24.7. The number of allylic oxidation sites excluding steroid dienone is 22. The van der Waals surface area contributed by atoms with Crippen molar-refractivity contribution >= 4 is 17.9 Å². The van der Waals surface area contributed by atoms with E-state index < -0.39 is 12.1 Å².